The molecule has 3 aromatic rings. The lowest BCUT2D eigenvalue weighted by Crippen LogP contribution is -2.24. The van der Waals surface area contributed by atoms with E-state index >= 15 is 0 Å². The third-order valence-corrected chi connectivity index (χ3v) is 6.07. The molecule has 158 valence electrons. The first-order valence-corrected chi connectivity index (χ1v) is 10.8. The van der Waals surface area contributed by atoms with Crippen LogP contribution in [-0.2, 0) is 20.9 Å². The van der Waals surface area contributed by atoms with Crippen LogP contribution in [0, 0.1) is 6.92 Å². The second kappa shape index (κ2) is 9.83. The standard InChI is InChI=1S/C20H17Cl3N2O4S/c1-3-28-18(27)9-25-19-11(2)13(22)5-7-16(19)30-20(25)24-17(26)10-29-15-6-4-12(21)8-14(15)23/h4-8H,3,9-10H2,1-2H3. The number of fused-ring (bicyclic) bond motifs is 1. The van der Waals surface area contributed by atoms with Crippen LogP contribution >= 0.6 is 46.1 Å². The van der Waals surface area contributed by atoms with Gasteiger partial charge in [0.05, 0.1) is 21.8 Å². The van der Waals surface area contributed by atoms with Gasteiger partial charge in [0.2, 0.25) is 0 Å². The first kappa shape index (κ1) is 22.6. The zero-order valence-corrected chi connectivity index (χ0v) is 19.2. The van der Waals surface area contributed by atoms with Gasteiger partial charge in [0.1, 0.15) is 12.3 Å². The third-order valence-electron chi connectivity index (χ3n) is 4.09. The predicted octanol–water partition coefficient (Wildman–Crippen LogP) is 5.04. The molecule has 1 heterocycles. The van der Waals surface area contributed by atoms with Gasteiger partial charge in [0.25, 0.3) is 5.91 Å². The van der Waals surface area contributed by atoms with Crippen molar-refractivity contribution in [2.24, 2.45) is 4.99 Å². The number of benzene rings is 2. The maximum absolute atomic E-state index is 12.4. The summed E-state index contributed by atoms with van der Waals surface area (Å²) in [7, 11) is 0. The van der Waals surface area contributed by atoms with Crippen molar-refractivity contribution in [3.8, 4) is 5.75 Å². The molecule has 0 saturated carbocycles. The van der Waals surface area contributed by atoms with E-state index in [-0.39, 0.29) is 19.8 Å². The number of rotatable bonds is 6. The van der Waals surface area contributed by atoms with Crippen molar-refractivity contribution in [1.82, 2.24) is 4.57 Å². The maximum atomic E-state index is 12.4. The van der Waals surface area contributed by atoms with Gasteiger partial charge in [-0.3, -0.25) is 9.59 Å². The van der Waals surface area contributed by atoms with Crippen LogP contribution in [-0.4, -0.2) is 29.7 Å². The van der Waals surface area contributed by atoms with Gasteiger partial charge in [-0.2, -0.15) is 4.99 Å². The van der Waals surface area contributed by atoms with Gasteiger partial charge in [0, 0.05) is 10.0 Å². The average molecular weight is 488 g/mol. The molecule has 0 aliphatic heterocycles. The van der Waals surface area contributed by atoms with E-state index in [1.165, 1.54) is 17.4 Å². The van der Waals surface area contributed by atoms with Crippen LogP contribution in [0.3, 0.4) is 0 Å². The molecule has 0 fully saturated rings. The number of amides is 1. The van der Waals surface area contributed by atoms with E-state index in [0.29, 0.717) is 25.6 Å². The molecule has 0 atom stereocenters. The second-order valence-corrected chi connectivity index (χ2v) is 8.42. The SMILES string of the molecule is CCOC(=O)Cn1c(=NC(=O)COc2ccc(Cl)cc2Cl)sc2ccc(Cl)c(C)c21. The second-order valence-electron chi connectivity index (χ2n) is 6.16. The van der Waals surface area contributed by atoms with Crippen LogP contribution in [0.1, 0.15) is 12.5 Å². The van der Waals surface area contributed by atoms with E-state index in [1.807, 2.05) is 13.0 Å². The Labute approximate surface area is 191 Å². The van der Waals surface area contributed by atoms with Crippen molar-refractivity contribution in [2.45, 2.75) is 20.4 Å². The summed E-state index contributed by atoms with van der Waals surface area (Å²) in [5.41, 5.74) is 1.52. The number of esters is 1. The number of aromatic nitrogens is 1. The summed E-state index contributed by atoms with van der Waals surface area (Å²) < 4.78 is 13.0. The molecule has 0 aliphatic carbocycles. The molecule has 30 heavy (non-hydrogen) atoms. The molecule has 6 nitrogen and oxygen atoms in total. The zero-order valence-electron chi connectivity index (χ0n) is 16.1. The van der Waals surface area contributed by atoms with Crippen molar-refractivity contribution >= 4 is 68.2 Å². The monoisotopic (exact) mass is 486 g/mol. The molecule has 0 aliphatic rings. The lowest BCUT2D eigenvalue weighted by Gasteiger charge is -2.08. The molecular formula is C20H17Cl3N2O4S. The molecule has 0 bridgehead atoms. The van der Waals surface area contributed by atoms with E-state index in [2.05, 4.69) is 4.99 Å². The molecule has 1 amide bonds. The molecule has 3 rings (SSSR count). The van der Waals surface area contributed by atoms with Crippen LogP contribution in [0.5, 0.6) is 5.75 Å². The molecular weight excluding hydrogens is 471 g/mol. The molecule has 0 N–H and O–H groups in total. The Morgan fingerprint density at radius 3 is 2.60 bits per heavy atom. The lowest BCUT2D eigenvalue weighted by atomic mass is 10.2. The number of hydrogen-bond acceptors (Lipinski definition) is 5. The molecule has 0 unspecified atom stereocenters. The fourth-order valence-electron chi connectivity index (χ4n) is 2.75. The summed E-state index contributed by atoms with van der Waals surface area (Å²) in [6, 6.07) is 8.29. The number of aryl methyl sites for hydroxylation is 1. The molecule has 2 aromatic carbocycles. The number of ether oxygens (including phenoxy) is 2. The fourth-order valence-corrected chi connectivity index (χ4v) is 4.48. The summed E-state index contributed by atoms with van der Waals surface area (Å²) in [6.45, 7) is 3.41. The van der Waals surface area contributed by atoms with Crippen molar-refractivity contribution in [3.63, 3.8) is 0 Å². The summed E-state index contributed by atoms with van der Waals surface area (Å²) in [4.78, 5) is 29.0. The van der Waals surface area contributed by atoms with Gasteiger partial charge in [-0.05, 0) is 49.7 Å². The van der Waals surface area contributed by atoms with E-state index in [4.69, 9.17) is 44.3 Å². The summed E-state index contributed by atoms with van der Waals surface area (Å²) in [6.07, 6.45) is 0. The Morgan fingerprint density at radius 1 is 1.13 bits per heavy atom. The molecule has 10 heteroatoms. The number of carbonyl (C=O) groups excluding carboxylic acids is 2. The highest BCUT2D eigenvalue weighted by Crippen LogP contribution is 2.28. The Bertz CT molecular complexity index is 1190. The van der Waals surface area contributed by atoms with E-state index in [9.17, 15) is 9.59 Å². The molecule has 1 aromatic heterocycles. The van der Waals surface area contributed by atoms with Crippen LogP contribution < -0.4 is 9.54 Å². The Hall–Kier alpha value is -2.06. The van der Waals surface area contributed by atoms with E-state index < -0.39 is 11.9 Å². The van der Waals surface area contributed by atoms with Crippen LogP contribution in [0.4, 0.5) is 0 Å². The number of thiazole rings is 1. The third kappa shape index (κ3) is 5.16. The van der Waals surface area contributed by atoms with Gasteiger partial charge < -0.3 is 14.0 Å². The Balaban J connectivity index is 1.94. The number of halogens is 3. The number of nitrogens with zero attached hydrogens (tertiary/aromatic N) is 2. The fraction of sp³-hybridized carbons (Fsp3) is 0.250. The average Bonchev–Trinajstić information content (AvgIpc) is 3.02. The summed E-state index contributed by atoms with van der Waals surface area (Å²) >= 11 is 19.4. The topological polar surface area (TPSA) is 69.9 Å². The van der Waals surface area contributed by atoms with Gasteiger partial charge in [0.15, 0.2) is 11.4 Å². The van der Waals surface area contributed by atoms with Gasteiger partial charge in [-0.15, -0.1) is 0 Å². The highest BCUT2D eigenvalue weighted by molar-refractivity contribution is 7.16. The van der Waals surface area contributed by atoms with Gasteiger partial charge >= 0.3 is 5.97 Å². The predicted molar refractivity (Wildman–Crippen MR) is 119 cm³/mol. The lowest BCUT2D eigenvalue weighted by molar-refractivity contribution is -0.143. The van der Waals surface area contributed by atoms with Crippen molar-refractivity contribution < 1.29 is 19.1 Å². The zero-order chi connectivity index (χ0) is 21.8. The molecule has 0 radical (unpaired) electrons. The van der Waals surface area contributed by atoms with Crippen molar-refractivity contribution in [1.29, 1.82) is 0 Å². The van der Waals surface area contributed by atoms with Gasteiger partial charge in [-0.25, -0.2) is 0 Å². The quantitative estimate of drug-likeness (QED) is 0.457. The Kier molecular flexibility index (Phi) is 7.41. The van der Waals surface area contributed by atoms with E-state index in [0.717, 1.165) is 15.8 Å². The van der Waals surface area contributed by atoms with E-state index in [1.54, 1.807) is 29.7 Å². The molecule has 0 spiro atoms. The number of carbonyl (C=O) groups is 2. The summed E-state index contributed by atoms with van der Waals surface area (Å²) in [5, 5.41) is 1.30. The van der Waals surface area contributed by atoms with Crippen molar-refractivity contribution in [2.75, 3.05) is 13.2 Å². The van der Waals surface area contributed by atoms with Gasteiger partial charge in [-0.1, -0.05) is 46.1 Å². The van der Waals surface area contributed by atoms with Crippen LogP contribution in [0.15, 0.2) is 35.3 Å². The van der Waals surface area contributed by atoms with Crippen molar-refractivity contribution in [3.05, 3.63) is 55.8 Å². The summed E-state index contributed by atoms with van der Waals surface area (Å²) in [5.74, 6) is -0.647. The first-order chi connectivity index (χ1) is 14.3. The Morgan fingerprint density at radius 2 is 1.90 bits per heavy atom. The minimum Gasteiger partial charge on any atom is -0.482 e. The highest BCUT2D eigenvalue weighted by Gasteiger charge is 2.16. The normalized spacial score (nSPS) is 11.7. The molecule has 0 saturated heterocycles. The minimum atomic E-state index is -0.533. The number of hydrogen-bond donors (Lipinski definition) is 0. The smallest absolute Gasteiger partial charge is 0.326 e. The van der Waals surface area contributed by atoms with Crippen LogP contribution in [0.2, 0.25) is 15.1 Å². The maximum Gasteiger partial charge on any atom is 0.326 e. The largest absolute Gasteiger partial charge is 0.482 e. The van der Waals surface area contributed by atoms with Crippen LogP contribution in [0.25, 0.3) is 10.2 Å². The highest BCUT2D eigenvalue weighted by atomic mass is 35.5. The first-order valence-electron chi connectivity index (χ1n) is 8.89. The minimum absolute atomic E-state index is 0.0923.